The highest BCUT2D eigenvalue weighted by Crippen LogP contribution is 2.28. The molecule has 6 atom stereocenters. The van der Waals surface area contributed by atoms with Crippen molar-refractivity contribution in [3.63, 3.8) is 0 Å². The minimum atomic E-state index is -1.00. The molecule has 1 heterocycles. The predicted octanol–water partition coefficient (Wildman–Crippen LogP) is 2.50. The maximum absolute atomic E-state index is 13.4. The van der Waals surface area contributed by atoms with Crippen LogP contribution in [0.25, 0.3) is 0 Å². The van der Waals surface area contributed by atoms with Gasteiger partial charge in [0.1, 0.15) is 6.10 Å². The molecule has 0 aromatic rings. The van der Waals surface area contributed by atoms with E-state index in [0.717, 1.165) is 6.08 Å². The Morgan fingerprint density at radius 1 is 1.20 bits per heavy atom. The van der Waals surface area contributed by atoms with E-state index >= 15 is 0 Å². The average molecular weight is 572 g/mol. The van der Waals surface area contributed by atoms with Crippen molar-refractivity contribution in [2.45, 2.75) is 65.0 Å². The Labute approximate surface area is 240 Å². The number of fused-ring (bicyclic) bond motifs is 2. The molecule has 0 radical (unpaired) electrons. The van der Waals surface area contributed by atoms with Gasteiger partial charge >= 0.3 is 6.09 Å². The first-order valence-electron chi connectivity index (χ1n) is 13.3. The summed E-state index contributed by atoms with van der Waals surface area (Å²) in [7, 11) is 2.91. The maximum Gasteiger partial charge on any atom is 0.405 e. The van der Waals surface area contributed by atoms with Crippen molar-refractivity contribution in [3.8, 4) is 0 Å². The Morgan fingerprint density at radius 2 is 1.88 bits per heavy atom. The van der Waals surface area contributed by atoms with Crippen molar-refractivity contribution in [3.05, 3.63) is 71.3 Å². The fraction of sp³-hybridized carbons (Fsp3) is 0.467. The van der Waals surface area contributed by atoms with Gasteiger partial charge in [-0.05, 0) is 44.4 Å². The summed E-state index contributed by atoms with van der Waals surface area (Å²) < 4.78 is 16.5. The Kier molecular flexibility index (Phi) is 12.4. The molecule has 1 aliphatic heterocycles. The summed E-state index contributed by atoms with van der Waals surface area (Å²) in [4.78, 5) is 51.0. The number of amides is 2. The van der Waals surface area contributed by atoms with Gasteiger partial charge in [0, 0.05) is 37.4 Å². The van der Waals surface area contributed by atoms with Crippen LogP contribution in [0.1, 0.15) is 40.5 Å². The third kappa shape index (κ3) is 8.84. The fourth-order valence-corrected chi connectivity index (χ4v) is 4.84. The minimum Gasteiger partial charge on any atom is -0.439 e. The molecule has 0 fully saturated rings. The highest BCUT2D eigenvalue weighted by molar-refractivity contribution is 6.23. The van der Waals surface area contributed by atoms with E-state index in [-0.39, 0.29) is 34.9 Å². The number of hydrogen-bond donors (Lipinski definition) is 4. The Morgan fingerprint density at radius 3 is 2.46 bits per heavy atom. The molecule has 11 heteroatoms. The molecule has 0 spiro atoms. The van der Waals surface area contributed by atoms with Crippen molar-refractivity contribution in [2.24, 2.45) is 17.6 Å². The van der Waals surface area contributed by atoms with Gasteiger partial charge in [-0.25, -0.2) is 4.79 Å². The number of primary amides is 1. The number of aliphatic hydroxyl groups is 1. The van der Waals surface area contributed by atoms with Crippen molar-refractivity contribution in [1.82, 2.24) is 10.6 Å². The normalized spacial score (nSPS) is 28.8. The van der Waals surface area contributed by atoms with Crippen LogP contribution in [0.3, 0.4) is 0 Å². The van der Waals surface area contributed by atoms with Gasteiger partial charge in [-0.2, -0.15) is 0 Å². The van der Waals surface area contributed by atoms with Crippen LogP contribution < -0.4 is 16.4 Å². The Bertz CT molecular complexity index is 1200. The number of nitrogens with two attached hydrogens (primary N) is 1. The van der Waals surface area contributed by atoms with E-state index in [2.05, 4.69) is 17.2 Å². The molecule has 2 aliphatic rings. The second kappa shape index (κ2) is 15.3. The lowest BCUT2D eigenvalue weighted by atomic mass is 9.85. The predicted molar refractivity (Wildman–Crippen MR) is 153 cm³/mol. The summed E-state index contributed by atoms with van der Waals surface area (Å²) in [5.74, 6) is -2.22. The summed E-state index contributed by atoms with van der Waals surface area (Å²) in [5, 5.41) is 16.5. The first-order valence-corrected chi connectivity index (χ1v) is 13.3. The molecular weight excluding hydrogens is 530 g/mol. The zero-order valence-corrected chi connectivity index (χ0v) is 24.4. The Hall–Kier alpha value is -3.80. The summed E-state index contributed by atoms with van der Waals surface area (Å²) in [6, 6.07) is 0. The van der Waals surface area contributed by atoms with E-state index in [0.29, 0.717) is 12.0 Å². The lowest BCUT2D eigenvalue weighted by Crippen LogP contribution is -2.37. The first kappa shape index (κ1) is 33.4. The van der Waals surface area contributed by atoms with E-state index in [1.54, 1.807) is 39.0 Å². The molecule has 224 valence electrons. The van der Waals surface area contributed by atoms with E-state index in [1.165, 1.54) is 26.5 Å². The smallest absolute Gasteiger partial charge is 0.405 e. The number of nitrogens with one attached hydrogen (secondary N) is 2. The molecule has 1 aliphatic carbocycles. The molecule has 0 saturated heterocycles. The number of methoxy groups -OCH3 is 2. The fourth-order valence-electron chi connectivity index (χ4n) is 4.84. The van der Waals surface area contributed by atoms with Gasteiger partial charge in [0.25, 0.3) is 5.91 Å². The zero-order chi connectivity index (χ0) is 30.9. The quantitative estimate of drug-likeness (QED) is 0.286. The number of Topliss-reactive ketones (excluding diaryl/α,β-unsaturated/α-hetero) is 1. The van der Waals surface area contributed by atoms with Crippen LogP contribution in [-0.4, -0.2) is 67.3 Å². The van der Waals surface area contributed by atoms with E-state index in [4.69, 9.17) is 19.9 Å². The van der Waals surface area contributed by atoms with Crippen LogP contribution in [0, 0.1) is 11.8 Å². The standard InChI is InChI=1S/C30H41N3O8/c1-8-32-25-20-12-16(2)13-24(40-7)26(35)18(4)14-19(5)28(41-30(31)38)23(39-6)11-9-10-17(3)29(37)33-21(27(20)36)15-22(25)34/h8-11,14-16,18,23-24,26,28,32,35H,1,12-13H2,2-7H3,(H2,31,38)(H,33,37)/t16-,18+,23+,24+,26-,28+/m1/s1. The molecule has 11 nitrogen and oxygen atoms in total. The first-order chi connectivity index (χ1) is 19.3. The number of rotatable bonds is 5. The number of hydrogen-bond acceptors (Lipinski definition) is 9. The van der Waals surface area contributed by atoms with Crippen LogP contribution >= 0.6 is 0 Å². The zero-order valence-electron chi connectivity index (χ0n) is 24.4. The van der Waals surface area contributed by atoms with Crippen LogP contribution in [0.4, 0.5) is 4.79 Å². The SMILES string of the molecule is C=CNC1=C2C[C@@H](C)C[C@H](OC)[C@H](O)[C@@H](C)C=C(C)[C@H](OC(N)=O)[C@@H](OC)C=CC=C(C)C(=O)NC(=CC1=O)C2=O. The second-order valence-corrected chi connectivity index (χ2v) is 10.3. The van der Waals surface area contributed by atoms with Gasteiger partial charge in [0.05, 0.1) is 23.6 Å². The monoisotopic (exact) mass is 571 g/mol. The second-order valence-electron chi connectivity index (χ2n) is 10.3. The van der Waals surface area contributed by atoms with Gasteiger partial charge in [-0.3, -0.25) is 14.4 Å². The third-order valence-corrected chi connectivity index (χ3v) is 7.04. The van der Waals surface area contributed by atoms with Crippen LogP contribution in [0.5, 0.6) is 0 Å². The number of ether oxygens (including phenoxy) is 3. The third-order valence-electron chi connectivity index (χ3n) is 7.04. The van der Waals surface area contributed by atoms with Crippen molar-refractivity contribution < 1.29 is 38.5 Å². The average Bonchev–Trinajstić information content (AvgIpc) is 2.92. The van der Waals surface area contributed by atoms with Gasteiger partial charge in [0.15, 0.2) is 6.10 Å². The molecular formula is C30H41N3O8. The van der Waals surface area contributed by atoms with Gasteiger partial charge in [-0.15, -0.1) is 0 Å². The van der Waals surface area contributed by atoms with Crippen molar-refractivity contribution >= 4 is 23.6 Å². The van der Waals surface area contributed by atoms with E-state index < -0.39 is 53.9 Å². The molecule has 0 unspecified atom stereocenters. The van der Waals surface area contributed by atoms with Gasteiger partial charge in [0.2, 0.25) is 11.6 Å². The van der Waals surface area contributed by atoms with Crippen molar-refractivity contribution in [1.29, 1.82) is 0 Å². The summed E-state index contributed by atoms with van der Waals surface area (Å²) in [6.07, 6.45) is 4.99. The Balaban J connectivity index is 2.62. The minimum absolute atomic E-state index is 0.0866. The van der Waals surface area contributed by atoms with E-state index in [9.17, 15) is 24.3 Å². The van der Waals surface area contributed by atoms with Crippen LogP contribution in [0.2, 0.25) is 0 Å². The van der Waals surface area contributed by atoms with Crippen LogP contribution in [0.15, 0.2) is 71.3 Å². The number of carbonyl (C=O) groups excluding carboxylic acids is 4. The topological polar surface area (TPSA) is 166 Å². The molecule has 5 N–H and O–H groups in total. The van der Waals surface area contributed by atoms with Gasteiger partial charge < -0.3 is 35.7 Å². The number of ketones is 2. The number of carbonyl (C=O) groups is 4. The molecule has 41 heavy (non-hydrogen) atoms. The lowest BCUT2D eigenvalue weighted by molar-refractivity contribution is -0.120. The summed E-state index contributed by atoms with van der Waals surface area (Å²) in [5.41, 5.74) is 6.29. The largest absolute Gasteiger partial charge is 0.439 e. The molecule has 0 saturated carbocycles. The van der Waals surface area contributed by atoms with Crippen molar-refractivity contribution in [2.75, 3.05) is 14.2 Å². The summed E-state index contributed by atoms with van der Waals surface area (Å²) in [6.45, 7) is 10.5. The number of aliphatic hydroxyl groups excluding tert-OH is 1. The molecule has 0 aromatic carbocycles. The van der Waals surface area contributed by atoms with E-state index in [1.807, 2.05) is 6.92 Å². The highest BCUT2D eigenvalue weighted by atomic mass is 16.6. The molecule has 0 aromatic heterocycles. The van der Waals surface area contributed by atoms with Gasteiger partial charge in [-0.1, -0.05) is 44.7 Å². The maximum atomic E-state index is 13.4. The highest BCUT2D eigenvalue weighted by Gasteiger charge is 2.33. The lowest BCUT2D eigenvalue weighted by Gasteiger charge is -2.30. The molecule has 2 rings (SSSR count). The molecule has 2 bridgehead atoms. The number of allylic oxidation sites excluding steroid dienone is 4. The summed E-state index contributed by atoms with van der Waals surface area (Å²) >= 11 is 0. The molecule has 2 amide bonds. The van der Waals surface area contributed by atoms with Crippen LogP contribution in [-0.2, 0) is 28.6 Å².